The fraction of sp³-hybridized carbons (Fsp3) is 0.400. The van der Waals surface area contributed by atoms with Crippen molar-refractivity contribution in [1.29, 1.82) is 0 Å². The molecule has 100 valence electrons. The second-order valence-electron chi connectivity index (χ2n) is 5.18. The molecule has 0 amide bonds. The van der Waals surface area contributed by atoms with Crippen LogP contribution in [0, 0.1) is 6.92 Å². The SMILES string of the molecule is Cc1cc(CC(N)c2ccc3c(c2)CCO3)n(C)n1. The van der Waals surface area contributed by atoms with Crippen molar-refractivity contribution < 1.29 is 4.74 Å². The number of nitrogens with zero attached hydrogens (tertiary/aromatic N) is 2. The molecule has 0 aliphatic carbocycles. The fourth-order valence-corrected chi connectivity index (χ4v) is 2.64. The highest BCUT2D eigenvalue weighted by atomic mass is 16.5. The normalized spacial score (nSPS) is 15.1. The number of fused-ring (bicyclic) bond motifs is 1. The molecule has 19 heavy (non-hydrogen) atoms. The Hall–Kier alpha value is -1.81. The van der Waals surface area contributed by atoms with Gasteiger partial charge in [0.15, 0.2) is 0 Å². The molecule has 0 saturated heterocycles. The van der Waals surface area contributed by atoms with E-state index in [9.17, 15) is 0 Å². The molecule has 0 spiro atoms. The third-order valence-electron chi connectivity index (χ3n) is 3.67. The Labute approximate surface area is 113 Å². The van der Waals surface area contributed by atoms with Gasteiger partial charge in [0.1, 0.15) is 5.75 Å². The summed E-state index contributed by atoms with van der Waals surface area (Å²) in [5, 5.41) is 4.36. The molecule has 1 aliphatic heterocycles. The van der Waals surface area contributed by atoms with Crippen LogP contribution in [0.3, 0.4) is 0 Å². The van der Waals surface area contributed by atoms with Gasteiger partial charge in [-0.1, -0.05) is 12.1 Å². The first kappa shape index (κ1) is 12.2. The molecule has 4 heteroatoms. The van der Waals surface area contributed by atoms with Crippen molar-refractivity contribution in [3.05, 3.63) is 46.8 Å². The molecule has 0 fully saturated rings. The van der Waals surface area contributed by atoms with Gasteiger partial charge in [0.2, 0.25) is 0 Å². The Kier molecular flexibility index (Phi) is 3.03. The van der Waals surface area contributed by atoms with Crippen molar-refractivity contribution in [1.82, 2.24) is 9.78 Å². The van der Waals surface area contributed by atoms with E-state index in [-0.39, 0.29) is 6.04 Å². The molecular formula is C15H19N3O. The highest BCUT2D eigenvalue weighted by Gasteiger charge is 2.16. The van der Waals surface area contributed by atoms with Crippen molar-refractivity contribution in [3.63, 3.8) is 0 Å². The molecule has 4 nitrogen and oxygen atoms in total. The van der Waals surface area contributed by atoms with Crippen LogP contribution >= 0.6 is 0 Å². The zero-order chi connectivity index (χ0) is 13.4. The van der Waals surface area contributed by atoms with Gasteiger partial charge in [0, 0.05) is 31.6 Å². The van der Waals surface area contributed by atoms with Gasteiger partial charge in [0.05, 0.1) is 12.3 Å². The summed E-state index contributed by atoms with van der Waals surface area (Å²) in [4.78, 5) is 0. The first-order chi connectivity index (χ1) is 9.13. The van der Waals surface area contributed by atoms with E-state index in [1.165, 1.54) is 16.8 Å². The molecule has 1 aromatic heterocycles. The standard InChI is InChI=1S/C15H19N3O/c1-10-7-13(18(2)17-10)9-14(16)11-3-4-15-12(8-11)5-6-19-15/h3-4,7-8,14H,5-6,9,16H2,1-2H3. The second-order valence-corrected chi connectivity index (χ2v) is 5.18. The Morgan fingerprint density at radius 3 is 3.00 bits per heavy atom. The summed E-state index contributed by atoms with van der Waals surface area (Å²) in [5.41, 5.74) is 11.0. The summed E-state index contributed by atoms with van der Waals surface area (Å²) < 4.78 is 7.43. The van der Waals surface area contributed by atoms with Crippen LogP contribution in [0.1, 0.15) is 28.6 Å². The quantitative estimate of drug-likeness (QED) is 0.913. The Bertz CT molecular complexity index is 603. The fourth-order valence-electron chi connectivity index (χ4n) is 2.64. The van der Waals surface area contributed by atoms with E-state index in [4.69, 9.17) is 10.5 Å². The first-order valence-electron chi connectivity index (χ1n) is 6.64. The molecule has 1 aromatic carbocycles. The number of benzene rings is 1. The second kappa shape index (κ2) is 4.70. The lowest BCUT2D eigenvalue weighted by atomic mass is 9.99. The lowest BCUT2D eigenvalue weighted by molar-refractivity contribution is 0.357. The zero-order valence-electron chi connectivity index (χ0n) is 11.4. The van der Waals surface area contributed by atoms with Crippen LogP contribution in [0.15, 0.2) is 24.3 Å². The number of hydrogen-bond acceptors (Lipinski definition) is 3. The number of aromatic nitrogens is 2. The van der Waals surface area contributed by atoms with Gasteiger partial charge in [-0.2, -0.15) is 5.10 Å². The summed E-state index contributed by atoms with van der Waals surface area (Å²) in [6, 6.07) is 8.37. The number of ether oxygens (including phenoxy) is 1. The van der Waals surface area contributed by atoms with Crippen LogP contribution in [-0.4, -0.2) is 16.4 Å². The monoisotopic (exact) mass is 257 g/mol. The largest absolute Gasteiger partial charge is 0.493 e. The maximum Gasteiger partial charge on any atom is 0.122 e. The molecule has 0 bridgehead atoms. The van der Waals surface area contributed by atoms with Gasteiger partial charge in [0.25, 0.3) is 0 Å². The van der Waals surface area contributed by atoms with Gasteiger partial charge in [-0.25, -0.2) is 0 Å². The molecule has 0 radical (unpaired) electrons. The third kappa shape index (κ3) is 2.36. The van der Waals surface area contributed by atoms with Crippen LogP contribution in [0.2, 0.25) is 0 Å². The van der Waals surface area contributed by atoms with Gasteiger partial charge in [-0.05, 0) is 30.2 Å². The summed E-state index contributed by atoms with van der Waals surface area (Å²) in [7, 11) is 1.96. The van der Waals surface area contributed by atoms with Crippen molar-refractivity contribution in [2.24, 2.45) is 12.8 Å². The number of aryl methyl sites for hydroxylation is 2. The van der Waals surface area contributed by atoms with Gasteiger partial charge in [-0.15, -0.1) is 0 Å². The number of nitrogens with two attached hydrogens (primary N) is 1. The molecule has 1 unspecified atom stereocenters. The zero-order valence-corrected chi connectivity index (χ0v) is 11.4. The minimum atomic E-state index is 0.000648. The molecule has 2 aromatic rings. The molecule has 0 saturated carbocycles. The minimum absolute atomic E-state index is 0.000648. The Morgan fingerprint density at radius 1 is 1.42 bits per heavy atom. The van der Waals surface area contributed by atoms with Gasteiger partial charge >= 0.3 is 0 Å². The van der Waals surface area contributed by atoms with E-state index >= 15 is 0 Å². The molecule has 2 N–H and O–H groups in total. The number of rotatable bonds is 3. The Balaban J connectivity index is 1.80. The van der Waals surface area contributed by atoms with E-state index in [1.807, 2.05) is 24.7 Å². The van der Waals surface area contributed by atoms with E-state index in [0.29, 0.717) is 0 Å². The molecule has 2 heterocycles. The van der Waals surface area contributed by atoms with Gasteiger partial charge < -0.3 is 10.5 Å². The highest BCUT2D eigenvalue weighted by molar-refractivity contribution is 5.41. The Morgan fingerprint density at radius 2 is 2.26 bits per heavy atom. The first-order valence-corrected chi connectivity index (χ1v) is 6.64. The van der Waals surface area contributed by atoms with Crippen LogP contribution in [0.4, 0.5) is 0 Å². The van der Waals surface area contributed by atoms with Crippen molar-refractivity contribution in [2.45, 2.75) is 25.8 Å². The maximum absolute atomic E-state index is 6.32. The minimum Gasteiger partial charge on any atom is -0.493 e. The average Bonchev–Trinajstić information content (AvgIpc) is 2.95. The van der Waals surface area contributed by atoms with E-state index in [1.54, 1.807) is 0 Å². The van der Waals surface area contributed by atoms with Crippen LogP contribution in [-0.2, 0) is 19.9 Å². The van der Waals surface area contributed by atoms with E-state index in [2.05, 4.69) is 23.3 Å². The summed E-state index contributed by atoms with van der Waals surface area (Å²) in [6.45, 7) is 2.79. The van der Waals surface area contributed by atoms with E-state index < -0.39 is 0 Å². The van der Waals surface area contributed by atoms with E-state index in [0.717, 1.165) is 30.9 Å². The highest BCUT2D eigenvalue weighted by Crippen LogP contribution is 2.28. The smallest absolute Gasteiger partial charge is 0.122 e. The van der Waals surface area contributed by atoms with Gasteiger partial charge in [-0.3, -0.25) is 4.68 Å². The summed E-state index contributed by atoms with van der Waals surface area (Å²) in [5.74, 6) is 1.01. The van der Waals surface area contributed by atoms with Crippen molar-refractivity contribution >= 4 is 0 Å². The maximum atomic E-state index is 6.32. The molecular weight excluding hydrogens is 238 g/mol. The topological polar surface area (TPSA) is 53.1 Å². The summed E-state index contributed by atoms with van der Waals surface area (Å²) >= 11 is 0. The predicted octanol–water partition coefficient (Wildman–Crippen LogP) is 1.91. The average molecular weight is 257 g/mol. The van der Waals surface area contributed by atoms with Crippen LogP contribution < -0.4 is 10.5 Å². The van der Waals surface area contributed by atoms with Crippen molar-refractivity contribution in [3.8, 4) is 5.75 Å². The lowest BCUT2D eigenvalue weighted by Gasteiger charge is -2.13. The predicted molar refractivity (Wildman–Crippen MR) is 74.2 cm³/mol. The third-order valence-corrected chi connectivity index (χ3v) is 3.67. The number of hydrogen-bond donors (Lipinski definition) is 1. The lowest BCUT2D eigenvalue weighted by Crippen LogP contribution is -2.15. The van der Waals surface area contributed by atoms with Crippen molar-refractivity contribution in [2.75, 3.05) is 6.61 Å². The summed E-state index contributed by atoms with van der Waals surface area (Å²) in [6.07, 6.45) is 1.79. The molecule has 3 rings (SSSR count). The van der Waals surface area contributed by atoms with Crippen LogP contribution in [0.5, 0.6) is 5.75 Å². The van der Waals surface area contributed by atoms with Crippen LogP contribution in [0.25, 0.3) is 0 Å². The molecule has 1 atom stereocenters. The molecule has 1 aliphatic rings.